The Morgan fingerprint density at radius 2 is 1.89 bits per heavy atom. The average molecular weight is 269 g/mol. The summed E-state index contributed by atoms with van der Waals surface area (Å²) in [6.45, 7) is 0.860. The third kappa shape index (κ3) is 5.30. The molecule has 0 aliphatic heterocycles. The summed E-state index contributed by atoms with van der Waals surface area (Å²) < 4.78 is 6.57. The van der Waals surface area contributed by atoms with E-state index in [0.29, 0.717) is 6.54 Å². The molecule has 0 spiro atoms. The zero-order valence-corrected chi connectivity index (χ0v) is 11.5. The zero-order valence-electron chi connectivity index (χ0n) is 11.5. The normalized spacial score (nSPS) is 10.6. The first-order chi connectivity index (χ1) is 9.19. The lowest BCUT2D eigenvalue weighted by Crippen LogP contribution is -2.23. The monoisotopic (exact) mass is 269 g/mol. The third-order valence-electron chi connectivity index (χ3n) is 2.97. The maximum Gasteiger partial charge on any atom is 0.300 e. The van der Waals surface area contributed by atoms with E-state index in [9.17, 15) is 4.79 Å². The largest absolute Gasteiger partial charge is 0.468 e. The van der Waals surface area contributed by atoms with Gasteiger partial charge in [-0.05, 0) is 12.8 Å². The highest BCUT2D eigenvalue weighted by Gasteiger charge is 2.06. The first-order valence-corrected chi connectivity index (χ1v) is 6.71. The molecule has 0 bridgehead atoms. The van der Waals surface area contributed by atoms with Crippen molar-refractivity contribution in [1.29, 1.82) is 0 Å². The molecule has 1 rings (SSSR count). The molecular formula is C13H23N3O3. The van der Waals surface area contributed by atoms with Crippen LogP contribution in [0.4, 0.5) is 5.82 Å². The molecule has 108 valence electrons. The molecule has 0 aliphatic carbocycles. The van der Waals surface area contributed by atoms with Crippen LogP contribution in [0.2, 0.25) is 0 Å². The summed E-state index contributed by atoms with van der Waals surface area (Å²) in [4.78, 5) is 15.7. The number of hydrogen-bond acceptors (Lipinski definition) is 5. The first-order valence-electron chi connectivity index (χ1n) is 6.71. The number of methoxy groups -OCH3 is 1. The zero-order chi connectivity index (χ0) is 14.1. The topological polar surface area (TPSA) is 90.4 Å². The summed E-state index contributed by atoms with van der Waals surface area (Å²) in [6, 6.07) is 1.58. The van der Waals surface area contributed by atoms with E-state index in [1.165, 1.54) is 17.7 Å². The summed E-state index contributed by atoms with van der Waals surface area (Å²) in [5, 5.41) is 8.66. The predicted octanol–water partition coefficient (Wildman–Crippen LogP) is 1.17. The standard InChI is InChI=1S/C13H23N3O3/c1-19-13-15-11(14)10-12(18)16(13)8-6-4-2-3-5-7-9-17/h10,17H,2-9,14H2,1H3. The number of aromatic nitrogens is 2. The second-order valence-corrected chi connectivity index (χ2v) is 4.50. The molecule has 0 aliphatic rings. The van der Waals surface area contributed by atoms with Crippen LogP contribution in [-0.4, -0.2) is 28.4 Å². The Labute approximate surface area is 113 Å². The smallest absolute Gasteiger partial charge is 0.300 e. The Bertz CT molecular complexity index is 432. The molecule has 6 nitrogen and oxygen atoms in total. The lowest BCUT2D eigenvalue weighted by molar-refractivity contribution is 0.282. The molecule has 6 heteroatoms. The minimum atomic E-state index is -0.176. The average Bonchev–Trinajstić information content (AvgIpc) is 2.39. The molecule has 1 aromatic heterocycles. The van der Waals surface area contributed by atoms with Crippen LogP contribution in [0, 0.1) is 0 Å². The van der Waals surface area contributed by atoms with Crippen LogP contribution in [0.15, 0.2) is 10.9 Å². The molecule has 1 heterocycles. The van der Waals surface area contributed by atoms with Gasteiger partial charge in [-0.15, -0.1) is 0 Å². The van der Waals surface area contributed by atoms with Crippen molar-refractivity contribution < 1.29 is 9.84 Å². The Kier molecular flexibility index (Phi) is 6.95. The van der Waals surface area contributed by atoms with E-state index < -0.39 is 0 Å². The number of unbranched alkanes of at least 4 members (excludes halogenated alkanes) is 5. The summed E-state index contributed by atoms with van der Waals surface area (Å²) in [5.74, 6) is 0.183. The van der Waals surface area contributed by atoms with Gasteiger partial charge in [0.15, 0.2) is 0 Å². The van der Waals surface area contributed by atoms with Crippen molar-refractivity contribution in [1.82, 2.24) is 9.55 Å². The lowest BCUT2D eigenvalue weighted by Gasteiger charge is -2.10. The molecule has 1 aromatic rings. The van der Waals surface area contributed by atoms with Crippen LogP contribution in [0.1, 0.15) is 38.5 Å². The minimum Gasteiger partial charge on any atom is -0.468 e. The molecule has 0 radical (unpaired) electrons. The summed E-state index contributed by atoms with van der Waals surface area (Å²) in [6.07, 6.45) is 6.11. The van der Waals surface area contributed by atoms with E-state index >= 15 is 0 Å². The Morgan fingerprint density at radius 1 is 1.26 bits per heavy atom. The van der Waals surface area contributed by atoms with E-state index in [4.69, 9.17) is 15.6 Å². The fraction of sp³-hybridized carbons (Fsp3) is 0.692. The highest BCUT2D eigenvalue weighted by atomic mass is 16.5. The molecule has 0 atom stereocenters. The van der Waals surface area contributed by atoms with Crippen molar-refractivity contribution in [3.63, 3.8) is 0 Å². The number of anilines is 1. The summed E-state index contributed by atoms with van der Waals surface area (Å²) in [5.41, 5.74) is 5.33. The Morgan fingerprint density at radius 3 is 2.53 bits per heavy atom. The molecule has 0 aromatic carbocycles. The number of hydrogen-bond donors (Lipinski definition) is 2. The van der Waals surface area contributed by atoms with Gasteiger partial charge in [0.2, 0.25) is 0 Å². The first kappa shape index (κ1) is 15.5. The molecule has 3 N–H and O–H groups in total. The van der Waals surface area contributed by atoms with Crippen LogP contribution in [0.3, 0.4) is 0 Å². The van der Waals surface area contributed by atoms with E-state index in [0.717, 1.165) is 38.5 Å². The number of nitrogens with two attached hydrogens (primary N) is 1. The molecule has 0 unspecified atom stereocenters. The van der Waals surface area contributed by atoms with Gasteiger partial charge in [-0.25, -0.2) is 0 Å². The van der Waals surface area contributed by atoms with Crippen molar-refractivity contribution >= 4 is 5.82 Å². The van der Waals surface area contributed by atoms with E-state index in [-0.39, 0.29) is 24.0 Å². The van der Waals surface area contributed by atoms with Crippen LogP contribution in [0.25, 0.3) is 0 Å². The molecule has 19 heavy (non-hydrogen) atoms. The van der Waals surface area contributed by atoms with Crippen molar-refractivity contribution in [2.24, 2.45) is 0 Å². The van der Waals surface area contributed by atoms with Gasteiger partial charge in [-0.2, -0.15) is 4.98 Å². The van der Waals surface area contributed by atoms with Gasteiger partial charge in [0.05, 0.1) is 7.11 Å². The molecule has 0 saturated heterocycles. The van der Waals surface area contributed by atoms with Gasteiger partial charge in [0, 0.05) is 19.2 Å². The molecule has 0 saturated carbocycles. The fourth-order valence-electron chi connectivity index (χ4n) is 1.95. The van der Waals surface area contributed by atoms with Crippen LogP contribution in [-0.2, 0) is 6.54 Å². The van der Waals surface area contributed by atoms with Gasteiger partial charge in [-0.3, -0.25) is 9.36 Å². The quantitative estimate of drug-likeness (QED) is 0.657. The lowest BCUT2D eigenvalue weighted by atomic mass is 10.1. The van der Waals surface area contributed by atoms with E-state index in [1.54, 1.807) is 0 Å². The van der Waals surface area contributed by atoms with Crippen molar-refractivity contribution in [2.75, 3.05) is 19.5 Å². The van der Waals surface area contributed by atoms with Gasteiger partial charge >= 0.3 is 6.01 Å². The van der Waals surface area contributed by atoms with Crippen molar-refractivity contribution in [3.05, 3.63) is 16.4 Å². The second-order valence-electron chi connectivity index (χ2n) is 4.50. The van der Waals surface area contributed by atoms with Gasteiger partial charge in [0.1, 0.15) is 5.82 Å². The highest BCUT2D eigenvalue weighted by molar-refractivity contribution is 5.27. The van der Waals surface area contributed by atoms with Crippen LogP contribution >= 0.6 is 0 Å². The number of nitrogen functional groups attached to an aromatic ring is 1. The maximum absolute atomic E-state index is 11.8. The Hall–Kier alpha value is -1.56. The SMILES string of the molecule is COc1nc(N)cc(=O)n1CCCCCCCCO. The van der Waals surface area contributed by atoms with Gasteiger partial charge < -0.3 is 15.6 Å². The molecular weight excluding hydrogens is 246 g/mol. The summed E-state index contributed by atoms with van der Waals surface area (Å²) >= 11 is 0. The highest BCUT2D eigenvalue weighted by Crippen LogP contribution is 2.10. The number of aliphatic hydroxyl groups excluding tert-OH is 1. The van der Waals surface area contributed by atoms with Crippen molar-refractivity contribution in [3.8, 4) is 6.01 Å². The predicted molar refractivity (Wildman–Crippen MR) is 74.2 cm³/mol. The van der Waals surface area contributed by atoms with Gasteiger partial charge in [-0.1, -0.05) is 25.7 Å². The number of aliphatic hydroxyl groups is 1. The summed E-state index contributed by atoms with van der Waals surface area (Å²) in [7, 11) is 1.48. The van der Waals surface area contributed by atoms with E-state index in [2.05, 4.69) is 4.98 Å². The van der Waals surface area contributed by atoms with Crippen LogP contribution < -0.4 is 16.0 Å². The number of nitrogens with zero attached hydrogens (tertiary/aromatic N) is 2. The number of ether oxygens (including phenoxy) is 1. The van der Waals surface area contributed by atoms with Crippen molar-refractivity contribution in [2.45, 2.75) is 45.1 Å². The van der Waals surface area contributed by atoms with E-state index in [1.807, 2.05) is 0 Å². The fourth-order valence-corrected chi connectivity index (χ4v) is 1.95. The third-order valence-corrected chi connectivity index (χ3v) is 2.97. The Balaban J connectivity index is 2.39. The molecule has 0 fully saturated rings. The van der Waals surface area contributed by atoms with Crippen LogP contribution in [0.5, 0.6) is 6.01 Å². The van der Waals surface area contributed by atoms with Gasteiger partial charge in [0.25, 0.3) is 5.56 Å². The second kappa shape index (κ2) is 8.53. The number of rotatable bonds is 9. The maximum atomic E-state index is 11.8. The minimum absolute atomic E-state index is 0.176. The molecule has 0 amide bonds.